The van der Waals surface area contributed by atoms with Crippen LogP contribution in [-0.2, 0) is 4.79 Å². The molecule has 1 aliphatic carbocycles. The molecule has 0 aromatic rings. The van der Waals surface area contributed by atoms with Crippen molar-refractivity contribution in [1.29, 1.82) is 0 Å². The molecule has 1 N–H and O–H groups in total. The standard InChI is InChI=1S/C16H29N3O.2ClH/c1-18-10-11-19(15(20)14-6-5-9-17-12-14)16(13-18)7-3-2-4-8-16;;/h14,17H,2-13H2,1H3;2*1H. The summed E-state index contributed by atoms with van der Waals surface area (Å²) >= 11 is 0. The third-order valence-corrected chi connectivity index (χ3v) is 5.54. The van der Waals surface area contributed by atoms with E-state index < -0.39 is 0 Å². The van der Waals surface area contributed by atoms with E-state index in [-0.39, 0.29) is 36.3 Å². The average Bonchev–Trinajstić information content (AvgIpc) is 2.48. The quantitative estimate of drug-likeness (QED) is 0.787. The maximum Gasteiger partial charge on any atom is 0.227 e. The lowest BCUT2D eigenvalue weighted by molar-refractivity contribution is -0.149. The predicted molar refractivity (Wildman–Crippen MR) is 95.1 cm³/mol. The number of piperazine rings is 1. The summed E-state index contributed by atoms with van der Waals surface area (Å²) < 4.78 is 0. The molecule has 4 nitrogen and oxygen atoms in total. The number of halogens is 2. The molecule has 130 valence electrons. The van der Waals surface area contributed by atoms with Crippen molar-refractivity contribution < 1.29 is 4.79 Å². The monoisotopic (exact) mass is 351 g/mol. The molecule has 3 fully saturated rings. The number of hydrogen-bond donors (Lipinski definition) is 1. The minimum absolute atomic E-state index is 0. The molecule has 6 heteroatoms. The highest BCUT2D eigenvalue weighted by molar-refractivity contribution is 5.85. The van der Waals surface area contributed by atoms with Crippen molar-refractivity contribution in [2.24, 2.45) is 5.92 Å². The van der Waals surface area contributed by atoms with Crippen molar-refractivity contribution in [2.45, 2.75) is 50.5 Å². The van der Waals surface area contributed by atoms with Crippen molar-refractivity contribution in [3.63, 3.8) is 0 Å². The number of nitrogens with zero attached hydrogens (tertiary/aromatic N) is 2. The van der Waals surface area contributed by atoms with Gasteiger partial charge in [-0.05, 0) is 39.3 Å². The van der Waals surface area contributed by atoms with Gasteiger partial charge in [0, 0.05) is 26.2 Å². The van der Waals surface area contributed by atoms with Gasteiger partial charge in [0.25, 0.3) is 0 Å². The van der Waals surface area contributed by atoms with Crippen molar-refractivity contribution in [3.05, 3.63) is 0 Å². The molecule has 22 heavy (non-hydrogen) atoms. The zero-order valence-corrected chi connectivity index (χ0v) is 15.3. The maximum absolute atomic E-state index is 13.0. The van der Waals surface area contributed by atoms with Crippen molar-refractivity contribution in [3.8, 4) is 0 Å². The molecule has 0 radical (unpaired) electrons. The van der Waals surface area contributed by atoms with Crippen molar-refractivity contribution in [1.82, 2.24) is 15.1 Å². The average molecular weight is 352 g/mol. The van der Waals surface area contributed by atoms with E-state index in [9.17, 15) is 4.79 Å². The third kappa shape index (κ3) is 4.08. The topological polar surface area (TPSA) is 35.6 Å². The Kier molecular flexibility index (Phi) is 7.93. The Morgan fingerprint density at radius 3 is 2.45 bits per heavy atom. The molecule has 0 aromatic heterocycles. The van der Waals surface area contributed by atoms with E-state index in [0.29, 0.717) is 5.91 Å². The zero-order chi connectivity index (χ0) is 14.0. The second-order valence-corrected chi connectivity index (χ2v) is 7.06. The Hall–Kier alpha value is -0.0300. The van der Waals surface area contributed by atoms with Gasteiger partial charge in [-0.3, -0.25) is 4.79 Å². The van der Waals surface area contributed by atoms with Gasteiger partial charge in [-0.1, -0.05) is 19.3 Å². The number of carbonyl (C=O) groups excluding carboxylic acids is 1. The summed E-state index contributed by atoms with van der Waals surface area (Å²) in [6.45, 7) is 5.03. The van der Waals surface area contributed by atoms with Gasteiger partial charge in [0.1, 0.15) is 0 Å². The Morgan fingerprint density at radius 1 is 1.09 bits per heavy atom. The minimum Gasteiger partial charge on any atom is -0.334 e. The summed E-state index contributed by atoms with van der Waals surface area (Å²) in [6, 6.07) is 0. The lowest BCUT2D eigenvalue weighted by atomic mass is 9.77. The van der Waals surface area contributed by atoms with Crippen LogP contribution in [0, 0.1) is 5.92 Å². The van der Waals surface area contributed by atoms with Crippen LogP contribution in [0.2, 0.25) is 0 Å². The normalized spacial score (nSPS) is 28.6. The Labute approximate surface area is 147 Å². The Morgan fingerprint density at radius 2 is 1.82 bits per heavy atom. The van der Waals surface area contributed by atoms with Crippen LogP contribution in [0.1, 0.15) is 44.9 Å². The lowest BCUT2D eigenvalue weighted by Gasteiger charge is -2.53. The van der Waals surface area contributed by atoms with E-state index in [1.165, 1.54) is 32.1 Å². The fourth-order valence-electron chi connectivity index (χ4n) is 4.44. The van der Waals surface area contributed by atoms with E-state index in [0.717, 1.165) is 45.6 Å². The van der Waals surface area contributed by atoms with Crippen LogP contribution < -0.4 is 5.32 Å². The number of amides is 1. The van der Waals surface area contributed by atoms with Crippen LogP contribution in [0.5, 0.6) is 0 Å². The summed E-state index contributed by atoms with van der Waals surface area (Å²) in [6.07, 6.45) is 8.58. The second kappa shape index (κ2) is 8.72. The fourth-order valence-corrected chi connectivity index (χ4v) is 4.44. The summed E-state index contributed by atoms with van der Waals surface area (Å²) in [4.78, 5) is 17.7. The van der Waals surface area contributed by atoms with Gasteiger partial charge in [0.2, 0.25) is 5.91 Å². The van der Waals surface area contributed by atoms with Gasteiger partial charge in [-0.2, -0.15) is 0 Å². The molecule has 2 saturated heterocycles. The molecule has 1 unspecified atom stereocenters. The molecular weight excluding hydrogens is 321 g/mol. The predicted octanol–water partition coefficient (Wildman–Crippen LogP) is 2.31. The van der Waals surface area contributed by atoms with Crippen LogP contribution in [0.15, 0.2) is 0 Å². The van der Waals surface area contributed by atoms with Gasteiger partial charge in [0.15, 0.2) is 0 Å². The summed E-state index contributed by atoms with van der Waals surface area (Å²) in [5.41, 5.74) is 0.153. The maximum atomic E-state index is 13.0. The summed E-state index contributed by atoms with van der Waals surface area (Å²) in [7, 11) is 2.21. The zero-order valence-electron chi connectivity index (χ0n) is 13.7. The van der Waals surface area contributed by atoms with Gasteiger partial charge in [-0.15, -0.1) is 24.8 Å². The number of nitrogens with one attached hydrogen (secondary N) is 1. The highest BCUT2D eigenvalue weighted by Crippen LogP contribution is 2.37. The summed E-state index contributed by atoms with van der Waals surface area (Å²) in [5.74, 6) is 0.665. The van der Waals surface area contributed by atoms with Crippen LogP contribution >= 0.6 is 24.8 Å². The van der Waals surface area contributed by atoms with Crippen LogP contribution in [0.3, 0.4) is 0 Å². The molecule has 1 spiro atoms. The molecule has 1 atom stereocenters. The molecule has 0 bridgehead atoms. The second-order valence-electron chi connectivity index (χ2n) is 7.06. The molecule has 3 aliphatic rings. The minimum atomic E-state index is 0. The number of hydrogen-bond acceptors (Lipinski definition) is 3. The molecule has 0 aromatic carbocycles. The molecule has 2 heterocycles. The highest BCUT2D eigenvalue weighted by atomic mass is 35.5. The first-order chi connectivity index (χ1) is 9.71. The molecule has 2 aliphatic heterocycles. The first-order valence-electron chi connectivity index (χ1n) is 8.42. The van der Waals surface area contributed by atoms with Gasteiger partial charge in [0.05, 0.1) is 11.5 Å². The lowest BCUT2D eigenvalue weighted by Crippen LogP contribution is -2.65. The van der Waals surface area contributed by atoms with Gasteiger partial charge < -0.3 is 15.1 Å². The van der Waals surface area contributed by atoms with Crippen LogP contribution in [0.25, 0.3) is 0 Å². The van der Waals surface area contributed by atoms with Crippen LogP contribution in [-0.4, -0.2) is 61.0 Å². The summed E-state index contributed by atoms with van der Waals surface area (Å²) in [5, 5.41) is 3.40. The highest BCUT2D eigenvalue weighted by Gasteiger charge is 2.45. The smallest absolute Gasteiger partial charge is 0.227 e. The Balaban J connectivity index is 0.00000121. The van der Waals surface area contributed by atoms with E-state index >= 15 is 0 Å². The first kappa shape index (κ1) is 20.0. The van der Waals surface area contributed by atoms with Gasteiger partial charge in [-0.25, -0.2) is 0 Å². The van der Waals surface area contributed by atoms with Crippen molar-refractivity contribution in [2.75, 3.05) is 39.8 Å². The molecular formula is C16H31Cl2N3O. The largest absolute Gasteiger partial charge is 0.334 e. The number of carbonyl (C=O) groups is 1. The fraction of sp³-hybridized carbons (Fsp3) is 0.938. The van der Waals surface area contributed by atoms with E-state index in [2.05, 4.69) is 22.2 Å². The van der Waals surface area contributed by atoms with E-state index in [1.54, 1.807) is 0 Å². The molecule has 1 saturated carbocycles. The third-order valence-electron chi connectivity index (χ3n) is 5.54. The number of rotatable bonds is 1. The van der Waals surface area contributed by atoms with Gasteiger partial charge >= 0.3 is 0 Å². The van der Waals surface area contributed by atoms with E-state index in [1.807, 2.05) is 0 Å². The van der Waals surface area contributed by atoms with Crippen molar-refractivity contribution >= 4 is 30.7 Å². The van der Waals surface area contributed by atoms with E-state index in [4.69, 9.17) is 0 Å². The first-order valence-corrected chi connectivity index (χ1v) is 8.42. The molecule has 1 amide bonds. The molecule has 3 rings (SSSR count). The van der Waals surface area contributed by atoms with Crippen LogP contribution in [0.4, 0.5) is 0 Å². The Bertz CT molecular complexity index is 355. The number of likely N-dealkylation sites (N-methyl/N-ethyl adjacent to an activating group) is 1. The number of piperidine rings is 1. The SMILES string of the molecule is CN1CCN(C(=O)C2CCCNC2)C2(CCCCC2)C1.Cl.Cl.